The molecule has 1 N–H and O–H groups in total. The molecule has 1 amide bonds. The van der Waals surface area contributed by atoms with Crippen LogP contribution in [0.3, 0.4) is 0 Å². The molecule has 1 aliphatic heterocycles. The molecule has 1 aromatic rings. The van der Waals surface area contributed by atoms with Crippen LogP contribution in [0.4, 0.5) is 5.69 Å². The molecule has 1 fully saturated rings. The Balaban J connectivity index is 2.37. The number of nitrogens with zero attached hydrogens (tertiary/aromatic N) is 1. The zero-order valence-electron chi connectivity index (χ0n) is 9.26. The van der Waals surface area contributed by atoms with Crippen LogP contribution in [0.5, 0.6) is 0 Å². The van der Waals surface area contributed by atoms with E-state index in [0.29, 0.717) is 0 Å². The predicted octanol–water partition coefficient (Wildman–Crippen LogP) is 2.28. The lowest BCUT2D eigenvalue weighted by molar-refractivity contribution is -0.142. The van der Waals surface area contributed by atoms with Gasteiger partial charge in [-0.3, -0.25) is 9.59 Å². The minimum Gasteiger partial charge on any atom is -0.481 e. The molecule has 0 spiro atoms. The van der Waals surface area contributed by atoms with Crippen molar-refractivity contribution in [1.29, 1.82) is 0 Å². The molecule has 5 heteroatoms. The minimum atomic E-state index is -0.916. The topological polar surface area (TPSA) is 57.6 Å². The molecule has 2 unspecified atom stereocenters. The second-order valence-corrected chi connectivity index (χ2v) is 4.96. The summed E-state index contributed by atoms with van der Waals surface area (Å²) in [4.78, 5) is 24.5. The SMILES string of the molecule is CC1C(C(=O)O)CC(=O)N1c1ccccc1Br. The van der Waals surface area contributed by atoms with Crippen LogP contribution in [0, 0.1) is 5.92 Å². The molecule has 0 radical (unpaired) electrons. The first-order chi connectivity index (χ1) is 8.02. The average molecular weight is 298 g/mol. The van der Waals surface area contributed by atoms with Crippen molar-refractivity contribution in [3.63, 3.8) is 0 Å². The minimum absolute atomic E-state index is 0.0673. The lowest BCUT2D eigenvalue weighted by Crippen LogP contribution is -2.35. The van der Waals surface area contributed by atoms with E-state index in [1.165, 1.54) is 0 Å². The maximum atomic E-state index is 11.9. The molecular formula is C12H12BrNO3. The van der Waals surface area contributed by atoms with E-state index in [-0.39, 0.29) is 18.4 Å². The standard InChI is InChI=1S/C12H12BrNO3/c1-7-8(12(16)17)6-11(15)14(7)10-5-3-2-4-9(10)13/h2-5,7-8H,6H2,1H3,(H,16,17). The van der Waals surface area contributed by atoms with Crippen molar-refractivity contribution in [1.82, 2.24) is 0 Å². The Morgan fingerprint density at radius 1 is 1.47 bits per heavy atom. The van der Waals surface area contributed by atoms with Crippen LogP contribution in [0.1, 0.15) is 13.3 Å². The summed E-state index contributed by atoms with van der Waals surface area (Å²) < 4.78 is 0.797. The third-order valence-electron chi connectivity index (χ3n) is 3.08. The number of hydrogen-bond donors (Lipinski definition) is 1. The fraction of sp³-hybridized carbons (Fsp3) is 0.333. The summed E-state index contributed by atoms with van der Waals surface area (Å²) in [5, 5.41) is 9.04. The molecule has 1 saturated heterocycles. The number of carbonyl (C=O) groups is 2. The quantitative estimate of drug-likeness (QED) is 0.911. The summed E-state index contributed by atoms with van der Waals surface area (Å²) in [6.45, 7) is 1.77. The van der Waals surface area contributed by atoms with E-state index in [1.54, 1.807) is 11.8 Å². The summed E-state index contributed by atoms with van der Waals surface area (Å²) in [7, 11) is 0. The van der Waals surface area contributed by atoms with Crippen molar-refractivity contribution in [2.45, 2.75) is 19.4 Å². The molecule has 0 aromatic heterocycles. The van der Waals surface area contributed by atoms with Crippen molar-refractivity contribution in [3.8, 4) is 0 Å². The normalized spacial score (nSPS) is 24.1. The summed E-state index contributed by atoms with van der Waals surface area (Å²) in [6, 6.07) is 7.01. The van der Waals surface area contributed by atoms with Gasteiger partial charge in [-0.15, -0.1) is 0 Å². The molecular weight excluding hydrogens is 286 g/mol. The number of anilines is 1. The van der Waals surface area contributed by atoms with Crippen LogP contribution >= 0.6 is 15.9 Å². The highest BCUT2D eigenvalue weighted by Gasteiger charge is 2.42. The van der Waals surface area contributed by atoms with E-state index in [4.69, 9.17) is 5.11 Å². The zero-order valence-corrected chi connectivity index (χ0v) is 10.8. The van der Waals surface area contributed by atoms with Crippen molar-refractivity contribution < 1.29 is 14.7 Å². The smallest absolute Gasteiger partial charge is 0.309 e. The third-order valence-corrected chi connectivity index (χ3v) is 3.75. The van der Waals surface area contributed by atoms with E-state index in [0.717, 1.165) is 10.2 Å². The number of aliphatic carboxylic acids is 1. The number of hydrogen-bond acceptors (Lipinski definition) is 2. The average Bonchev–Trinajstić information content (AvgIpc) is 2.56. The van der Waals surface area contributed by atoms with Crippen LogP contribution in [-0.4, -0.2) is 23.0 Å². The van der Waals surface area contributed by atoms with Crippen LogP contribution in [0.2, 0.25) is 0 Å². The van der Waals surface area contributed by atoms with Crippen molar-refractivity contribution >= 4 is 33.5 Å². The number of carboxylic acids is 1. The Kier molecular flexibility index (Phi) is 3.19. The van der Waals surface area contributed by atoms with Gasteiger partial charge >= 0.3 is 5.97 Å². The fourth-order valence-electron chi connectivity index (χ4n) is 2.16. The van der Waals surface area contributed by atoms with Gasteiger partial charge in [-0.1, -0.05) is 12.1 Å². The molecule has 1 aromatic carbocycles. The summed E-state index contributed by atoms with van der Waals surface area (Å²) in [6.07, 6.45) is 0.0673. The van der Waals surface area contributed by atoms with Crippen LogP contribution in [-0.2, 0) is 9.59 Å². The highest BCUT2D eigenvalue weighted by atomic mass is 79.9. The highest BCUT2D eigenvalue weighted by molar-refractivity contribution is 9.10. The van der Waals surface area contributed by atoms with Crippen molar-refractivity contribution in [3.05, 3.63) is 28.7 Å². The zero-order chi connectivity index (χ0) is 12.6. The predicted molar refractivity (Wildman–Crippen MR) is 66.8 cm³/mol. The number of rotatable bonds is 2. The molecule has 0 saturated carbocycles. The Morgan fingerprint density at radius 3 is 2.65 bits per heavy atom. The van der Waals surface area contributed by atoms with Crippen LogP contribution in [0.15, 0.2) is 28.7 Å². The number of halogens is 1. The second-order valence-electron chi connectivity index (χ2n) is 4.10. The van der Waals surface area contributed by atoms with Gasteiger partial charge in [0.1, 0.15) is 0 Å². The Morgan fingerprint density at radius 2 is 2.12 bits per heavy atom. The molecule has 0 aliphatic carbocycles. The second kappa shape index (κ2) is 4.49. The van der Waals surface area contributed by atoms with Gasteiger partial charge in [0.05, 0.1) is 11.6 Å². The lowest BCUT2D eigenvalue weighted by Gasteiger charge is -2.24. The maximum Gasteiger partial charge on any atom is 0.309 e. The van der Waals surface area contributed by atoms with Gasteiger partial charge in [-0.25, -0.2) is 0 Å². The number of benzene rings is 1. The van der Waals surface area contributed by atoms with Gasteiger partial charge in [-0.2, -0.15) is 0 Å². The number of para-hydroxylation sites is 1. The van der Waals surface area contributed by atoms with E-state index >= 15 is 0 Å². The summed E-state index contributed by atoms with van der Waals surface area (Å²) in [5.74, 6) is -1.69. The molecule has 17 heavy (non-hydrogen) atoms. The molecule has 1 heterocycles. The number of carboxylic acid groups (broad SMARTS) is 1. The van der Waals surface area contributed by atoms with Crippen molar-refractivity contribution in [2.75, 3.05) is 4.90 Å². The van der Waals surface area contributed by atoms with Gasteiger partial charge in [0.25, 0.3) is 0 Å². The molecule has 2 rings (SSSR count). The van der Waals surface area contributed by atoms with Crippen LogP contribution < -0.4 is 4.90 Å². The first-order valence-corrected chi connectivity index (χ1v) is 6.11. The van der Waals surface area contributed by atoms with Crippen LogP contribution in [0.25, 0.3) is 0 Å². The number of amides is 1. The maximum absolute atomic E-state index is 11.9. The van der Waals surface area contributed by atoms with Gasteiger partial charge in [0, 0.05) is 16.9 Å². The van der Waals surface area contributed by atoms with Gasteiger partial charge in [-0.05, 0) is 35.0 Å². The fourth-order valence-corrected chi connectivity index (χ4v) is 2.63. The molecule has 2 atom stereocenters. The third kappa shape index (κ3) is 2.07. The van der Waals surface area contributed by atoms with Crippen molar-refractivity contribution in [2.24, 2.45) is 5.92 Å². The Labute approximate surface area is 107 Å². The molecule has 90 valence electrons. The molecule has 0 bridgehead atoms. The first kappa shape index (κ1) is 12.1. The highest BCUT2D eigenvalue weighted by Crippen LogP contribution is 2.35. The molecule has 4 nitrogen and oxygen atoms in total. The first-order valence-electron chi connectivity index (χ1n) is 5.31. The Bertz CT molecular complexity index is 475. The van der Waals surface area contributed by atoms with Gasteiger partial charge in [0.15, 0.2) is 0 Å². The van der Waals surface area contributed by atoms with Gasteiger partial charge < -0.3 is 10.0 Å². The van der Waals surface area contributed by atoms with E-state index in [9.17, 15) is 9.59 Å². The summed E-state index contributed by atoms with van der Waals surface area (Å²) >= 11 is 3.38. The van der Waals surface area contributed by atoms with Gasteiger partial charge in [0.2, 0.25) is 5.91 Å². The molecule has 1 aliphatic rings. The summed E-state index contributed by atoms with van der Waals surface area (Å²) in [5.41, 5.74) is 0.730. The monoisotopic (exact) mass is 297 g/mol. The van der Waals surface area contributed by atoms with E-state index in [1.807, 2.05) is 24.3 Å². The van der Waals surface area contributed by atoms with E-state index < -0.39 is 11.9 Å². The Hall–Kier alpha value is -1.36. The van der Waals surface area contributed by atoms with E-state index in [2.05, 4.69) is 15.9 Å². The largest absolute Gasteiger partial charge is 0.481 e. The lowest BCUT2D eigenvalue weighted by atomic mass is 10.0. The number of carbonyl (C=O) groups excluding carboxylic acids is 1.